The summed E-state index contributed by atoms with van der Waals surface area (Å²) in [6.45, 7) is 2.56. The first-order valence-corrected chi connectivity index (χ1v) is 8.17. The summed E-state index contributed by atoms with van der Waals surface area (Å²) < 4.78 is 0. The smallest absolute Gasteiger partial charge is 0.121 e. The van der Waals surface area contributed by atoms with Crippen LogP contribution in [-0.4, -0.2) is 42.3 Å². The molecule has 0 heterocycles. The molecule has 2 rings (SSSR count). The fourth-order valence-corrected chi connectivity index (χ4v) is 2.57. The van der Waals surface area contributed by atoms with Crippen molar-refractivity contribution >= 4 is 12.2 Å². The van der Waals surface area contributed by atoms with Crippen LogP contribution in [0, 0.1) is 0 Å². The van der Waals surface area contributed by atoms with Gasteiger partial charge in [0.2, 0.25) is 0 Å². The Morgan fingerprint density at radius 3 is 1.96 bits per heavy atom. The number of hydrogen-bond acceptors (Lipinski definition) is 6. The molecule has 1 atom stereocenters. The van der Waals surface area contributed by atoms with Gasteiger partial charge in [0.05, 0.1) is 18.3 Å². The molecular formula is C20H24O6. The van der Waals surface area contributed by atoms with E-state index in [1.165, 1.54) is 38.1 Å². The maximum absolute atomic E-state index is 10.2. The third-order valence-corrected chi connectivity index (χ3v) is 4.12. The lowest BCUT2D eigenvalue weighted by Gasteiger charge is -2.25. The molecule has 0 aliphatic rings. The lowest BCUT2D eigenvalue weighted by Crippen LogP contribution is -2.37. The molecule has 6 heteroatoms. The number of rotatable bonds is 6. The minimum Gasteiger partial charge on any atom is -0.508 e. The molecule has 0 aliphatic carbocycles. The van der Waals surface area contributed by atoms with Crippen LogP contribution >= 0.6 is 0 Å². The predicted octanol–water partition coefficient (Wildman–Crippen LogP) is 2.14. The number of phenols is 3. The molecule has 2 aromatic rings. The zero-order valence-electron chi connectivity index (χ0n) is 14.7. The number of aliphatic hydroxyl groups excluding tert-OH is 2. The van der Waals surface area contributed by atoms with Crippen LogP contribution in [0.4, 0.5) is 0 Å². The lowest BCUT2D eigenvalue weighted by atomic mass is 9.91. The van der Waals surface area contributed by atoms with Gasteiger partial charge in [0.15, 0.2) is 0 Å². The summed E-state index contributed by atoms with van der Waals surface area (Å²) in [5, 5.41) is 58.7. The second-order valence-electron chi connectivity index (χ2n) is 6.83. The van der Waals surface area contributed by atoms with Crippen LogP contribution in [0.2, 0.25) is 0 Å². The third kappa shape index (κ3) is 4.98. The average Bonchev–Trinajstić information content (AvgIpc) is 2.51. The van der Waals surface area contributed by atoms with Crippen LogP contribution in [0.25, 0.3) is 12.2 Å². The third-order valence-electron chi connectivity index (χ3n) is 4.12. The monoisotopic (exact) mass is 360 g/mol. The highest BCUT2D eigenvalue weighted by molar-refractivity contribution is 5.72. The first kappa shape index (κ1) is 19.8. The topological polar surface area (TPSA) is 121 Å². The summed E-state index contributed by atoms with van der Waals surface area (Å²) >= 11 is 0. The van der Waals surface area contributed by atoms with E-state index in [1.807, 2.05) is 0 Å². The number of benzene rings is 2. The Morgan fingerprint density at radius 2 is 1.46 bits per heavy atom. The zero-order chi connectivity index (χ0) is 19.5. The Bertz CT molecular complexity index is 784. The maximum Gasteiger partial charge on any atom is 0.121 e. The van der Waals surface area contributed by atoms with E-state index < -0.39 is 18.3 Å². The van der Waals surface area contributed by atoms with Crippen molar-refractivity contribution in [3.63, 3.8) is 0 Å². The van der Waals surface area contributed by atoms with Gasteiger partial charge < -0.3 is 30.6 Å². The molecule has 6 N–H and O–H groups in total. The first-order valence-electron chi connectivity index (χ1n) is 8.17. The molecule has 1 unspecified atom stereocenters. The summed E-state index contributed by atoms with van der Waals surface area (Å²) in [7, 11) is 0. The molecular weight excluding hydrogens is 336 g/mol. The van der Waals surface area contributed by atoms with Gasteiger partial charge in [-0.25, -0.2) is 0 Å². The van der Waals surface area contributed by atoms with Gasteiger partial charge >= 0.3 is 0 Å². The van der Waals surface area contributed by atoms with E-state index in [0.717, 1.165) is 0 Å². The van der Waals surface area contributed by atoms with Crippen molar-refractivity contribution in [1.82, 2.24) is 0 Å². The SMILES string of the molecule is CC(C)(O)C(O)Cc1cc(/C=C/c2cc(O)cc(O)c2)cc(O)c1CO. The second kappa shape index (κ2) is 7.78. The summed E-state index contributed by atoms with van der Waals surface area (Å²) in [6.07, 6.45) is 2.29. The van der Waals surface area contributed by atoms with Gasteiger partial charge in [-0.05, 0) is 48.7 Å². The second-order valence-corrected chi connectivity index (χ2v) is 6.83. The summed E-state index contributed by atoms with van der Waals surface area (Å²) in [6, 6.07) is 7.31. The molecule has 0 bridgehead atoms. The lowest BCUT2D eigenvalue weighted by molar-refractivity contribution is -0.0471. The van der Waals surface area contributed by atoms with Gasteiger partial charge in [-0.1, -0.05) is 18.2 Å². The summed E-state index contributed by atoms with van der Waals surface area (Å²) in [4.78, 5) is 0. The molecule has 0 spiro atoms. The van der Waals surface area contributed by atoms with E-state index in [2.05, 4.69) is 0 Å². The van der Waals surface area contributed by atoms with Crippen LogP contribution < -0.4 is 0 Å². The van der Waals surface area contributed by atoms with E-state index in [4.69, 9.17) is 0 Å². The van der Waals surface area contributed by atoms with Crippen LogP contribution in [0.3, 0.4) is 0 Å². The molecule has 0 saturated heterocycles. The highest BCUT2D eigenvalue weighted by Gasteiger charge is 2.26. The van der Waals surface area contributed by atoms with E-state index in [-0.39, 0.29) is 23.7 Å². The van der Waals surface area contributed by atoms with E-state index in [1.54, 1.807) is 18.2 Å². The molecule has 0 aromatic heterocycles. The van der Waals surface area contributed by atoms with Gasteiger partial charge in [-0.15, -0.1) is 0 Å². The fraction of sp³-hybridized carbons (Fsp3) is 0.300. The number of aliphatic hydroxyl groups is 3. The van der Waals surface area contributed by atoms with E-state index in [0.29, 0.717) is 22.3 Å². The summed E-state index contributed by atoms with van der Waals surface area (Å²) in [5.74, 6) is -0.263. The minimum atomic E-state index is -1.33. The van der Waals surface area contributed by atoms with Crippen LogP contribution in [0.15, 0.2) is 30.3 Å². The molecule has 0 saturated carbocycles. The van der Waals surface area contributed by atoms with Crippen LogP contribution in [-0.2, 0) is 13.0 Å². The van der Waals surface area contributed by atoms with Crippen molar-refractivity contribution in [3.8, 4) is 17.2 Å². The standard InChI is InChI=1S/C20H24O6/c1-20(2,26)19(25)9-14-5-12(8-18(24)17(14)11-21)3-4-13-6-15(22)10-16(23)7-13/h3-8,10,19,21-26H,9,11H2,1-2H3/b4-3+. The molecule has 0 fully saturated rings. The quantitative estimate of drug-likeness (QED) is 0.439. The van der Waals surface area contributed by atoms with Gasteiger partial charge in [0, 0.05) is 18.1 Å². The molecule has 0 radical (unpaired) electrons. The summed E-state index contributed by atoms with van der Waals surface area (Å²) in [5.41, 5.74) is 0.639. The molecule has 2 aromatic carbocycles. The Morgan fingerprint density at radius 1 is 0.923 bits per heavy atom. The van der Waals surface area contributed by atoms with Gasteiger partial charge in [0.25, 0.3) is 0 Å². The van der Waals surface area contributed by atoms with Gasteiger partial charge in [0.1, 0.15) is 17.2 Å². The van der Waals surface area contributed by atoms with Crippen molar-refractivity contribution in [2.75, 3.05) is 0 Å². The van der Waals surface area contributed by atoms with Gasteiger partial charge in [-0.2, -0.15) is 0 Å². The molecule has 0 amide bonds. The number of hydrogen-bond donors (Lipinski definition) is 6. The Balaban J connectivity index is 2.36. The molecule has 0 aliphatic heterocycles. The van der Waals surface area contributed by atoms with Crippen molar-refractivity contribution in [2.24, 2.45) is 0 Å². The fourth-order valence-electron chi connectivity index (χ4n) is 2.57. The highest BCUT2D eigenvalue weighted by atomic mass is 16.3. The van der Waals surface area contributed by atoms with Crippen molar-refractivity contribution < 1.29 is 30.6 Å². The van der Waals surface area contributed by atoms with E-state index >= 15 is 0 Å². The van der Waals surface area contributed by atoms with Crippen molar-refractivity contribution in [1.29, 1.82) is 0 Å². The molecule has 140 valence electrons. The zero-order valence-corrected chi connectivity index (χ0v) is 14.7. The van der Waals surface area contributed by atoms with Gasteiger partial charge in [-0.3, -0.25) is 0 Å². The van der Waals surface area contributed by atoms with E-state index in [9.17, 15) is 30.6 Å². The molecule has 26 heavy (non-hydrogen) atoms. The Hall–Kier alpha value is -2.54. The normalized spacial score (nSPS) is 13.3. The van der Waals surface area contributed by atoms with Crippen molar-refractivity contribution in [3.05, 3.63) is 52.6 Å². The largest absolute Gasteiger partial charge is 0.508 e. The molecule has 6 nitrogen and oxygen atoms in total. The number of aromatic hydroxyl groups is 3. The maximum atomic E-state index is 10.2. The Labute approximate surface area is 151 Å². The highest BCUT2D eigenvalue weighted by Crippen LogP contribution is 2.28. The first-order chi connectivity index (χ1) is 12.1. The van der Waals surface area contributed by atoms with Crippen LogP contribution in [0.1, 0.15) is 36.1 Å². The van der Waals surface area contributed by atoms with Crippen molar-refractivity contribution in [2.45, 2.75) is 38.6 Å². The van der Waals surface area contributed by atoms with Crippen LogP contribution in [0.5, 0.6) is 17.2 Å². The average molecular weight is 360 g/mol. The Kier molecular flexibility index (Phi) is 5.92. The number of phenolic OH excluding ortho intramolecular Hbond substituents is 2. The minimum absolute atomic E-state index is 0.0571. The predicted molar refractivity (Wildman–Crippen MR) is 98.7 cm³/mol.